The van der Waals surface area contributed by atoms with Crippen molar-refractivity contribution in [3.63, 3.8) is 0 Å². The van der Waals surface area contributed by atoms with E-state index in [4.69, 9.17) is 0 Å². The molecule has 7 nitrogen and oxygen atoms in total. The van der Waals surface area contributed by atoms with Gasteiger partial charge in [-0.05, 0) is 30.7 Å². The van der Waals surface area contributed by atoms with Gasteiger partial charge in [-0.15, -0.1) is 11.3 Å². The van der Waals surface area contributed by atoms with Crippen molar-refractivity contribution >= 4 is 45.5 Å². The van der Waals surface area contributed by atoms with Crippen molar-refractivity contribution in [3.8, 4) is 0 Å². The molecule has 0 unspecified atom stereocenters. The van der Waals surface area contributed by atoms with Crippen LogP contribution >= 0.6 is 11.3 Å². The van der Waals surface area contributed by atoms with Crippen LogP contribution in [0, 0.1) is 0 Å². The molecule has 0 bridgehead atoms. The number of hydrogen-bond donors (Lipinski definition) is 2. The average Bonchev–Trinajstić information content (AvgIpc) is 3.13. The Hall–Kier alpha value is -2.74. The highest BCUT2D eigenvalue weighted by molar-refractivity contribution is 7.16. The van der Waals surface area contributed by atoms with Gasteiger partial charge in [-0.1, -0.05) is 6.07 Å². The van der Waals surface area contributed by atoms with Crippen molar-refractivity contribution in [2.75, 3.05) is 7.11 Å². The number of aliphatic imine (C=N–C) groups is 1. The van der Waals surface area contributed by atoms with E-state index >= 15 is 0 Å². The molecule has 3 rings (SSSR count). The molecule has 118 valence electrons. The number of nitrogens with zero attached hydrogens (tertiary/aromatic N) is 2. The van der Waals surface area contributed by atoms with Gasteiger partial charge in [0.25, 0.3) is 5.91 Å². The van der Waals surface area contributed by atoms with Gasteiger partial charge in [-0.2, -0.15) is 0 Å². The maximum atomic E-state index is 12.0. The smallest absolute Gasteiger partial charge is 0.328 e. The average molecular weight is 330 g/mol. The number of benzene rings is 1. The fourth-order valence-electron chi connectivity index (χ4n) is 2.10. The number of carbonyl (C=O) groups excluding carboxylic acids is 2. The van der Waals surface area contributed by atoms with Gasteiger partial charge in [0.1, 0.15) is 11.7 Å². The van der Waals surface area contributed by atoms with E-state index < -0.39 is 12.0 Å². The Labute approximate surface area is 136 Å². The first-order valence-corrected chi connectivity index (χ1v) is 7.74. The van der Waals surface area contributed by atoms with Gasteiger partial charge in [0.2, 0.25) is 5.96 Å². The van der Waals surface area contributed by atoms with E-state index in [1.54, 1.807) is 18.5 Å². The van der Waals surface area contributed by atoms with E-state index in [2.05, 4.69) is 25.3 Å². The molecular weight excluding hydrogens is 316 g/mol. The first kappa shape index (κ1) is 15.2. The van der Waals surface area contributed by atoms with E-state index in [9.17, 15) is 9.59 Å². The van der Waals surface area contributed by atoms with Crippen LogP contribution in [0.2, 0.25) is 0 Å². The van der Waals surface area contributed by atoms with Crippen molar-refractivity contribution in [2.45, 2.75) is 13.0 Å². The van der Waals surface area contributed by atoms with Gasteiger partial charge < -0.3 is 10.1 Å². The lowest BCUT2D eigenvalue weighted by Gasteiger charge is -2.11. The predicted molar refractivity (Wildman–Crippen MR) is 87.8 cm³/mol. The predicted octanol–water partition coefficient (Wildman–Crippen LogP) is 1.27. The number of hydrogen-bond acceptors (Lipinski definition) is 7. The van der Waals surface area contributed by atoms with Crippen LogP contribution in [-0.2, 0) is 14.3 Å². The summed E-state index contributed by atoms with van der Waals surface area (Å²) in [6, 6.07) is 5.12. The first-order chi connectivity index (χ1) is 11.1. The van der Waals surface area contributed by atoms with Crippen LogP contribution < -0.4 is 10.6 Å². The fraction of sp³-hybridized carbons (Fsp3) is 0.200. The maximum absolute atomic E-state index is 12.0. The highest BCUT2D eigenvalue weighted by atomic mass is 32.1. The van der Waals surface area contributed by atoms with Crippen LogP contribution in [-0.4, -0.2) is 36.0 Å². The van der Waals surface area contributed by atoms with Crippen LogP contribution in [0.25, 0.3) is 16.3 Å². The first-order valence-electron chi connectivity index (χ1n) is 6.86. The number of guanidine groups is 1. The van der Waals surface area contributed by atoms with Gasteiger partial charge in [-0.3, -0.25) is 10.1 Å². The molecule has 0 fully saturated rings. The number of thiazole rings is 1. The van der Waals surface area contributed by atoms with Crippen molar-refractivity contribution in [1.29, 1.82) is 0 Å². The summed E-state index contributed by atoms with van der Waals surface area (Å²) >= 11 is 1.53. The topological polar surface area (TPSA) is 92.7 Å². The number of ether oxygens (including phenoxy) is 1. The zero-order valence-electron chi connectivity index (χ0n) is 12.5. The molecule has 1 amide bonds. The van der Waals surface area contributed by atoms with E-state index in [0.29, 0.717) is 0 Å². The Morgan fingerprint density at radius 3 is 3.09 bits per heavy atom. The minimum atomic E-state index is -0.605. The molecule has 0 saturated carbocycles. The van der Waals surface area contributed by atoms with Gasteiger partial charge in [0.05, 0.1) is 22.8 Å². The molecule has 2 N–H and O–H groups in total. The highest BCUT2D eigenvalue weighted by Gasteiger charge is 2.23. The molecule has 2 aromatic rings. The third-order valence-corrected chi connectivity index (χ3v) is 4.06. The molecule has 0 radical (unpaired) electrons. The summed E-state index contributed by atoms with van der Waals surface area (Å²) in [5.41, 5.74) is 3.83. The molecule has 1 aromatic heterocycles. The van der Waals surface area contributed by atoms with Crippen molar-refractivity contribution in [3.05, 3.63) is 35.0 Å². The number of carbonyl (C=O) groups is 2. The second-order valence-corrected chi connectivity index (χ2v) is 5.80. The SMILES string of the molecule is COC(=O)[C@H](C)NC1=N/C(=C\c2ccc3ncsc3c2)C(=O)N1. The third kappa shape index (κ3) is 3.21. The Kier molecular flexibility index (Phi) is 4.07. The van der Waals surface area contributed by atoms with E-state index in [0.717, 1.165) is 15.8 Å². The molecule has 2 heterocycles. The lowest BCUT2D eigenvalue weighted by molar-refractivity contribution is -0.142. The zero-order chi connectivity index (χ0) is 16.4. The van der Waals surface area contributed by atoms with Gasteiger partial charge in [0, 0.05) is 0 Å². The molecule has 0 saturated heterocycles. The van der Waals surface area contributed by atoms with Crippen molar-refractivity contribution in [2.24, 2.45) is 4.99 Å². The Bertz CT molecular complexity index is 840. The van der Waals surface area contributed by atoms with E-state index in [1.807, 2.05) is 18.2 Å². The second-order valence-electron chi connectivity index (χ2n) is 4.91. The molecule has 23 heavy (non-hydrogen) atoms. The van der Waals surface area contributed by atoms with E-state index in [-0.39, 0.29) is 17.6 Å². The number of esters is 1. The normalized spacial score (nSPS) is 17.0. The summed E-state index contributed by atoms with van der Waals surface area (Å²) in [7, 11) is 1.30. The second kappa shape index (κ2) is 6.17. The summed E-state index contributed by atoms with van der Waals surface area (Å²) in [5.74, 6) is -0.526. The Morgan fingerprint density at radius 1 is 1.48 bits per heavy atom. The van der Waals surface area contributed by atoms with Gasteiger partial charge in [-0.25, -0.2) is 14.8 Å². The molecule has 1 aliphatic heterocycles. The molecule has 0 spiro atoms. The standard InChI is InChI=1S/C15H14N4O3S/c1-8(14(21)22-2)17-15-18-11(13(20)19-15)5-9-3-4-10-12(6-9)23-7-16-10/h3-8H,1-2H3,(H2,17,18,19,20)/b11-5-/t8-/m0/s1. The number of methoxy groups -OCH3 is 1. The fourth-order valence-corrected chi connectivity index (χ4v) is 2.82. The number of amides is 1. The minimum absolute atomic E-state index is 0.234. The molecule has 1 atom stereocenters. The number of rotatable bonds is 3. The van der Waals surface area contributed by atoms with Crippen LogP contribution in [0.5, 0.6) is 0 Å². The van der Waals surface area contributed by atoms with Crippen LogP contribution in [0.15, 0.2) is 34.4 Å². The van der Waals surface area contributed by atoms with Crippen molar-refractivity contribution in [1.82, 2.24) is 15.6 Å². The maximum Gasteiger partial charge on any atom is 0.328 e. The van der Waals surface area contributed by atoms with Crippen molar-refractivity contribution < 1.29 is 14.3 Å². The summed E-state index contributed by atoms with van der Waals surface area (Å²) in [6.45, 7) is 1.62. The third-order valence-electron chi connectivity index (χ3n) is 3.26. The summed E-state index contributed by atoms with van der Waals surface area (Å²) in [5, 5.41) is 5.38. The molecule has 1 aliphatic rings. The van der Waals surface area contributed by atoms with Crippen LogP contribution in [0.3, 0.4) is 0 Å². The minimum Gasteiger partial charge on any atom is -0.467 e. The lowest BCUT2D eigenvalue weighted by Crippen LogP contribution is -2.45. The largest absolute Gasteiger partial charge is 0.467 e. The summed E-state index contributed by atoms with van der Waals surface area (Å²) in [4.78, 5) is 31.7. The number of aromatic nitrogens is 1. The molecule has 1 aromatic carbocycles. The lowest BCUT2D eigenvalue weighted by atomic mass is 10.2. The van der Waals surface area contributed by atoms with Crippen LogP contribution in [0.4, 0.5) is 0 Å². The quantitative estimate of drug-likeness (QED) is 0.653. The molecular formula is C15H14N4O3S. The number of fused-ring (bicyclic) bond motifs is 1. The number of nitrogens with one attached hydrogen (secondary N) is 2. The molecule has 0 aliphatic carbocycles. The Balaban J connectivity index is 1.81. The monoisotopic (exact) mass is 330 g/mol. The highest BCUT2D eigenvalue weighted by Crippen LogP contribution is 2.21. The summed E-state index contributed by atoms with van der Waals surface area (Å²) in [6.07, 6.45) is 1.69. The van der Waals surface area contributed by atoms with Gasteiger partial charge >= 0.3 is 5.97 Å². The zero-order valence-corrected chi connectivity index (χ0v) is 13.3. The van der Waals surface area contributed by atoms with Gasteiger partial charge in [0.15, 0.2) is 0 Å². The molecule has 8 heteroatoms. The van der Waals surface area contributed by atoms with E-state index in [1.165, 1.54) is 18.4 Å². The summed E-state index contributed by atoms with van der Waals surface area (Å²) < 4.78 is 5.66. The van der Waals surface area contributed by atoms with Crippen LogP contribution in [0.1, 0.15) is 12.5 Å². The Morgan fingerprint density at radius 2 is 2.30 bits per heavy atom.